The molecule has 0 bridgehead atoms. The molecule has 0 aromatic heterocycles. The van der Waals surface area contributed by atoms with E-state index in [1.54, 1.807) is 0 Å². The zero-order valence-electron chi connectivity index (χ0n) is 9.21. The summed E-state index contributed by atoms with van der Waals surface area (Å²) in [6, 6.07) is 8.26. The number of nitrogens with two attached hydrogens (primary N) is 1. The topological polar surface area (TPSA) is 43.1 Å². The van der Waals surface area contributed by atoms with Crippen LogP contribution < -0.4 is 5.73 Å². The van der Waals surface area contributed by atoms with Crippen molar-refractivity contribution in [1.82, 2.24) is 0 Å². The summed E-state index contributed by atoms with van der Waals surface area (Å²) in [4.78, 5) is 11.4. The molecule has 0 atom stereocenters. The zero-order valence-corrected chi connectivity index (χ0v) is 10.8. The highest BCUT2D eigenvalue weighted by molar-refractivity contribution is 9.10. The first kappa shape index (κ1) is 11.6. The van der Waals surface area contributed by atoms with Crippen LogP contribution in [0.15, 0.2) is 28.7 Å². The SMILES string of the molecule is NC(=O)C1(CCc2ccc(Br)cc2)CCC1. The second-order valence-corrected chi connectivity index (χ2v) is 5.54. The van der Waals surface area contributed by atoms with Gasteiger partial charge in [-0.1, -0.05) is 34.5 Å². The van der Waals surface area contributed by atoms with Crippen LogP contribution in [0.1, 0.15) is 31.2 Å². The third-order valence-electron chi connectivity index (χ3n) is 3.64. The lowest BCUT2D eigenvalue weighted by atomic mass is 9.65. The summed E-state index contributed by atoms with van der Waals surface area (Å²) in [5.74, 6) is -0.115. The van der Waals surface area contributed by atoms with Crippen LogP contribution in [0.3, 0.4) is 0 Å². The van der Waals surface area contributed by atoms with Crippen LogP contribution in [0.25, 0.3) is 0 Å². The molecule has 86 valence electrons. The van der Waals surface area contributed by atoms with Crippen LogP contribution in [-0.4, -0.2) is 5.91 Å². The summed E-state index contributed by atoms with van der Waals surface area (Å²) in [5.41, 5.74) is 6.55. The zero-order chi connectivity index (χ0) is 11.6. The van der Waals surface area contributed by atoms with Crippen LogP contribution in [0.4, 0.5) is 0 Å². The van der Waals surface area contributed by atoms with Gasteiger partial charge in [-0.2, -0.15) is 0 Å². The van der Waals surface area contributed by atoms with E-state index in [4.69, 9.17) is 5.73 Å². The summed E-state index contributed by atoms with van der Waals surface area (Å²) in [5, 5.41) is 0. The number of hydrogen-bond donors (Lipinski definition) is 1. The largest absolute Gasteiger partial charge is 0.369 e. The van der Waals surface area contributed by atoms with E-state index in [9.17, 15) is 4.79 Å². The predicted molar refractivity (Wildman–Crippen MR) is 67.9 cm³/mol. The third kappa shape index (κ3) is 2.29. The molecule has 1 aromatic carbocycles. The molecule has 1 saturated carbocycles. The molecule has 1 aliphatic rings. The minimum absolute atomic E-state index is 0.115. The van der Waals surface area contributed by atoms with Gasteiger partial charge in [-0.05, 0) is 43.4 Å². The number of primary amides is 1. The molecule has 1 aliphatic carbocycles. The molecule has 0 saturated heterocycles. The number of aryl methyl sites for hydroxylation is 1. The lowest BCUT2D eigenvalue weighted by Gasteiger charge is -2.38. The second kappa shape index (κ2) is 4.58. The summed E-state index contributed by atoms with van der Waals surface area (Å²) < 4.78 is 1.09. The van der Waals surface area contributed by atoms with Gasteiger partial charge in [0.25, 0.3) is 0 Å². The highest BCUT2D eigenvalue weighted by Gasteiger charge is 2.41. The molecule has 0 radical (unpaired) electrons. The van der Waals surface area contributed by atoms with Gasteiger partial charge in [-0.25, -0.2) is 0 Å². The van der Waals surface area contributed by atoms with Crippen LogP contribution in [-0.2, 0) is 11.2 Å². The van der Waals surface area contributed by atoms with E-state index in [0.717, 1.165) is 36.6 Å². The number of carbonyl (C=O) groups is 1. The smallest absolute Gasteiger partial charge is 0.223 e. The molecule has 1 fully saturated rings. The van der Waals surface area contributed by atoms with E-state index in [-0.39, 0.29) is 11.3 Å². The first-order valence-corrected chi connectivity index (χ1v) is 6.46. The number of amides is 1. The normalized spacial score (nSPS) is 17.8. The van der Waals surface area contributed by atoms with Crippen molar-refractivity contribution in [3.05, 3.63) is 34.3 Å². The van der Waals surface area contributed by atoms with Gasteiger partial charge in [0.2, 0.25) is 5.91 Å². The molecule has 16 heavy (non-hydrogen) atoms. The average molecular weight is 282 g/mol. The number of hydrogen-bond acceptors (Lipinski definition) is 1. The van der Waals surface area contributed by atoms with Gasteiger partial charge >= 0.3 is 0 Å². The van der Waals surface area contributed by atoms with Crippen LogP contribution in [0, 0.1) is 5.41 Å². The van der Waals surface area contributed by atoms with E-state index in [0.29, 0.717) is 0 Å². The van der Waals surface area contributed by atoms with Crippen LogP contribution in [0.2, 0.25) is 0 Å². The van der Waals surface area contributed by atoms with Crippen molar-refractivity contribution in [3.8, 4) is 0 Å². The maximum Gasteiger partial charge on any atom is 0.223 e. The Balaban J connectivity index is 1.96. The van der Waals surface area contributed by atoms with Crippen LogP contribution >= 0.6 is 15.9 Å². The fourth-order valence-electron chi connectivity index (χ4n) is 2.26. The highest BCUT2D eigenvalue weighted by atomic mass is 79.9. The van der Waals surface area contributed by atoms with Crippen molar-refractivity contribution in [2.45, 2.75) is 32.1 Å². The minimum Gasteiger partial charge on any atom is -0.369 e. The third-order valence-corrected chi connectivity index (χ3v) is 4.17. The number of halogens is 1. The first-order valence-electron chi connectivity index (χ1n) is 5.67. The predicted octanol–water partition coefficient (Wildman–Crippen LogP) is 3.04. The average Bonchev–Trinajstić information content (AvgIpc) is 2.18. The highest BCUT2D eigenvalue weighted by Crippen LogP contribution is 2.44. The molecule has 0 heterocycles. The molecule has 1 aromatic rings. The molecular weight excluding hydrogens is 266 g/mol. The molecule has 2 nitrogen and oxygen atoms in total. The lowest BCUT2D eigenvalue weighted by molar-refractivity contribution is -0.132. The summed E-state index contributed by atoms with van der Waals surface area (Å²) in [7, 11) is 0. The molecule has 2 rings (SSSR count). The minimum atomic E-state index is -0.201. The Morgan fingerprint density at radius 1 is 1.31 bits per heavy atom. The van der Waals surface area contributed by atoms with Gasteiger partial charge in [0.05, 0.1) is 0 Å². The van der Waals surface area contributed by atoms with Crippen molar-refractivity contribution >= 4 is 21.8 Å². The molecule has 1 amide bonds. The standard InChI is InChI=1S/C13H16BrNO/c14-11-4-2-10(3-5-11)6-9-13(12(15)16)7-1-8-13/h2-5H,1,6-9H2,(H2,15,16). The Bertz CT molecular complexity index is 381. The summed E-state index contributed by atoms with van der Waals surface area (Å²) in [6.07, 6.45) is 4.92. The first-order chi connectivity index (χ1) is 7.62. The Kier molecular flexibility index (Phi) is 3.33. The van der Waals surface area contributed by atoms with Gasteiger partial charge in [0.15, 0.2) is 0 Å². The van der Waals surface area contributed by atoms with Crippen molar-refractivity contribution < 1.29 is 4.79 Å². The fraction of sp³-hybridized carbons (Fsp3) is 0.462. The molecule has 0 spiro atoms. The van der Waals surface area contributed by atoms with Crippen molar-refractivity contribution in [2.24, 2.45) is 11.1 Å². The van der Waals surface area contributed by atoms with E-state index in [2.05, 4.69) is 28.1 Å². The van der Waals surface area contributed by atoms with Crippen molar-refractivity contribution in [1.29, 1.82) is 0 Å². The Hall–Kier alpha value is -0.830. The van der Waals surface area contributed by atoms with E-state index >= 15 is 0 Å². The van der Waals surface area contributed by atoms with E-state index in [1.165, 1.54) is 5.56 Å². The maximum atomic E-state index is 11.4. The number of rotatable bonds is 4. The number of carbonyl (C=O) groups excluding carboxylic acids is 1. The summed E-state index contributed by atoms with van der Waals surface area (Å²) in [6.45, 7) is 0. The monoisotopic (exact) mass is 281 g/mol. The second-order valence-electron chi connectivity index (χ2n) is 4.62. The summed E-state index contributed by atoms with van der Waals surface area (Å²) >= 11 is 3.41. The van der Waals surface area contributed by atoms with Gasteiger partial charge in [-0.3, -0.25) is 4.79 Å². The van der Waals surface area contributed by atoms with Crippen molar-refractivity contribution in [2.75, 3.05) is 0 Å². The van der Waals surface area contributed by atoms with E-state index < -0.39 is 0 Å². The Morgan fingerprint density at radius 3 is 2.38 bits per heavy atom. The van der Waals surface area contributed by atoms with Gasteiger partial charge in [0.1, 0.15) is 0 Å². The van der Waals surface area contributed by atoms with Gasteiger partial charge < -0.3 is 5.73 Å². The molecule has 0 unspecified atom stereocenters. The lowest BCUT2D eigenvalue weighted by Crippen LogP contribution is -2.43. The fourth-order valence-corrected chi connectivity index (χ4v) is 2.52. The van der Waals surface area contributed by atoms with Gasteiger partial charge in [-0.15, -0.1) is 0 Å². The number of benzene rings is 1. The van der Waals surface area contributed by atoms with E-state index in [1.807, 2.05) is 12.1 Å². The molecule has 0 aliphatic heterocycles. The molecule has 2 N–H and O–H groups in total. The maximum absolute atomic E-state index is 11.4. The Morgan fingerprint density at radius 2 is 1.94 bits per heavy atom. The Labute approximate surface area is 104 Å². The quantitative estimate of drug-likeness (QED) is 0.906. The van der Waals surface area contributed by atoms with Crippen molar-refractivity contribution in [3.63, 3.8) is 0 Å². The molecule has 3 heteroatoms. The van der Waals surface area contributed by atoms with Crippen LogP contribution in [0.5, 0.6) is 0 Å². The molecular formula is C13H16BrNO. The van der Waals surface area contributed by atoms with Gasteiger partial charge in [0, 0.05) is 9.89 Å².